The molecule has 2 aromatic carbocycles. The van der Waals surface area contributed by atoms with Crippen molar-refractivity contribution in [2.45, 2.75) is 13.5 Å². The highest BCUT2D eigenvalue weighted by atomic mass is 16.5. The SMILES string of the molecule is CN=C(NCCOc1ccc(C)cc1)NCC(=O)NCc1ccc(OC)cc1. The van der Waals surface area contributed by atoms with Gasteiger partial charge in [-0.3, -0.25) is 9.79 Å². The highest BCUT2D eigenvalue weighted by Gasteiger charge is 2.04. The maximum atomic E-state index is 12.0. The summed E-state index contributed by atoms with van der Waals surface area (Å²) >= 11 is 0. The Bertz CT molecular complexity index is 758. The summed E-state index contributed by atoms with van der Waals surface area (Å²) in [6.07, 6.45) is 0. The van der Waals surface area contributed by atoms with Crippen molar-refractivity contribution in [1.82, 2.24) is 16.0 Å². The van der Waals surface area contributed by atoms with Crippen LogP contribution >= 0.6 is 0 Å². The summed E-state index contributed by atoms with van der Waals surface area (Å²) in [6.45, 7) is 3.69. The third kappa shape index (κ3) is 7.57. The molecule has 7 heteroatoms. The Hall–Kier alpha value is -3.22. The average molecular weight is 384 g/mol. The lowest BCUT2D eigenvalue weighted by atomic mass is 10.2. The molecule has 7 nitrogen and oxygen atoms in total. The van der Waals surface area contributed by atoms with Crippen molar-refractivity contribution in [3.63, 3.8) is 0 Å². The van der Waals surface area contributed by atoms with Crippen LogP contribution in [0.15, 0.2) is 53.5 Å². The molecule has 0 atom stereocenters. The normalized spacial score (nSPS) is 10.9. The van der Waals surface area contributed by atoms with Crippen LogP contribution in [0.25, 0.3) is 0 Å². The van der Waals surface area contributed by atoms with Crippen molar-refractivity contribution in [3.8, 4) is 11.5 Å². The van der Waals surface area contributed by atoms with Gasteiger partial charge in [0.1, 0.15) is 18.1 Å². The van der Waals surface area contributed by atoms with Gasteiger partial charge in [0.05, 0.1) is 20.2 Å². The monoisotopic (exact) mass is 384 g/mol. The van der Waals surface area contributed by atoms with E-state index in [-0.39, 0.29) is 12.5 Å². The van der Waals surface area contributed by atoms with Crippen molar-refractivity contribution in [2.24, 2.45) is 4.99 Å². The summed E-state index contributed by atoms with van der Waals surface area (Å²) in [5.74, 6) is 2.05. The zero-order chi connectivity index (χ0) is 20.2. The van der Waals surface area contributed by atoms with Crippen LogP contribution in [0.2, 0.25) is 0 Å². The molecular weight excluding hydrogens is 356 g/mol. The number of aliphatic imine (C=N–C) groups is 1. The van der Waals surface area contributed by atoms with Crippen LogP contribution in [0.5, 0.6) is 11.5 Å². The number of nitrogens with one attached hydrogen (secondary N) is 3. The van der Waals surface area contributed by atoms with E-state index < -0.39 is 0 Å². The van der Waals surface area contributed by atoms with E-state index in [4.69, 9.17) is 9.47 Å². The number of carbonyl (C=O) groups excluding carboxylic acids is 1. The number of hydrogen-bond donors (Lipinski definition) is 3. The van der Waals surface area contributed by atoms with Crippen molar-refractivity contribution >= 4 is 11.9 Å². The smallest absolute Gasteiger partial charge is 0.239 e. The van der Waals surface area contributed by atoms with Crippen LogP contribution in [0.1, 0.15) is 11.1 Å². The summed E-state index contributed by atoms with van der Waals surface area (Å²) in [7, 11) is 3.28. The Morgan fingerprint density at radius 1 is 0.964 bits per heavy atom. The maximum Gasteiger partial charge on any atom is 0.239 e. The van der Waals surface area contributed by atoms with Gasteiger partial charge in [-0.2, -0.15) is 0 Å². The van der Waals surface area contributed by atoms with Crippen molar-refractivity contribution in [1.29, 1.82) is 0 Å². The van der Waals surface area contributed by atoms with Crippen molar-refractivity contribution < 1.29 is 14.3 Å². The standard InChI is InChI=1S/C21H28N4O3/c1-16-4-8-19(9-5-16)28-13-12-23-21(22-2)25-15-20(26)24-14-17-6-10-18(27-3)11-7-17/h4-11H,12-15H2,1-3H3,(H,24,26)(H2,22,23,25). The van der Waals surface area contributed by atoms with E-state index in [1.54, 1.807) is 14.2 Å². The molecule has 0 radical (unpaired) electrons. The highest BCUT2D eigenvalue weighted by Crippen LogP contribution is 2.11. The van der Waals surface area contributed by atoms with Crippen LogP contribution in [-0.2, 0) is 11.3 Å². The fourth-order valence-electron chi connectivity index (χ4n) is 2.36. The van der Waals surface area contributed by atoms with Gasteiger partial charge in [-0.15, -0.1) is 0 Å². The number of ether oxygens (including phenoxy) is 2. The number of methoxy groups -OCH3 is 1. The number of rotatable bonds is 9. The molecule has 2 aromatic rings. The van der Waals surface area contributed by atoms with Crippen LogP contribution in [-0.4, -0.2) is 45.7 Å². The lowest BCUT2D eigenvalue weighted by molar-refractivity contribution is -0.120. The molecule has 0 bridgehead atoms. The summed E-state index contributed by atoms with van der Waals surface area (Å²) < 4.78 is 10.8. The van der Waals surface area contributed by atoms with Gasteiger partial charge in [-0.1, -0.05) is 29.8 Å². The van der Waals surface area contributed by atoms with Crippen molar-refractivity contribution in [3.05, 3.63) is 59.7 Å². The van der Waals surface area contributed by atoms with Gasteiger partial charge in [-0.25, -0.2) is 0 Å². The number of benzene rings is 2. The lowest BCUT2D eigenvalue weighted by Gasteiger charge is -2.13. The third-order valence-electron chi connectivity index (χ3n) is 3.97. The van der Waals surface area contributed by atoms with E-state index in [0.717, 1.165) is 17.1 Å². The molecule has 0 heterocycles. The van der Waals surface area contributed by atoms with E-state index >= 15 is 0 Å². The minimum Gasteiger partial charge on any atom is -0.497 e. The van der Waals surface area contributed by atoms with Crippen LogP contribution < -0.4 is 25.4 Å². The Morgan fingerprint density at radius 2 is 1.64 bits per heavy atom. The van der Waals surface area contributed by atoms with E-state index in [2.05, 4.69) is 20.9 Å². The molecule has 0 aliphatic carbocycles. The van der Waals surface area contributed by atoms with Crippen molar-refractivity contribution in [2.75, 3.05) is 33.9 Å². The van der Waals surface area contributed by atoms with Gasteiger partial charge in [0.15, 0.2) is 5.96 Å². The molecule has 0 fully saturated rings. The molecule has 28 heavy (non-hydrogen) atoms. The van der Waals surface area contributed by atoms with Gasteiger partial charge in [-0.05, 0) is 36.8 Å². The zero-order valence-electron chi connectivity index (χ0n) is 16.6. The highest BCUT2D eigenvalue weighted by molar-refractivity contribution is 5.86. The van der Waals surface area contributed by atoms with Gasteiger partial charge >= 0.3 is 0 Å². The predicted octanol–water partition coefficient (Wildman–Crippen LogP) is 1.86. The van der Waals surface area contributed by atoms with E-state index in [1.165, 1.54) is 5.56 Å². The Balaban J connectivity index is 1.62. The van der Waals surface area contributed by atoms with Crippen LogP contribution in [0, 0.1) is 6.92 Å². The molecule has 0 aliphatic heterocycles. The summed E-state index contributed by atoms with van der Waals surface area (Å²) in [5.41, 5.74) is 2.20. The van der Waals surface area contributed by atoms with Gasteiger partial charge in [0, 0.05) is 13.6 Å². The molecule has 150 valence electrons. The molecule has 0 aliphatic rings. The molecule has 0 spiro atoms. The average Bonchev–Trinajstić information content (AvgIpc) is 2.73. The molecule has 2 rings (SSSR count). The predicted molar refractivity (Wildman–Crippen MR) is 111 cm³/mol. The molecule has 0 saturated carbocycles. The fourth-order valence-corrected chi connectivity index (χ4v) is 2.36. The number of amides is 1. The molecule has 0 aromatic heterocycles. The number of aryl methyl sites for hydroxylation is 1. The molecular formula is C21H28N4O3. The van der Waals surface area contributed by atoms with Crippen LogP contribution in [0.4, 0.5) is 0 Å². The summed E-state index contributed by atoms with van der Waals surface area (Å²) in [6, 6.07) is 15.5. The first-order valence-electron chi connectivity index (χ1n) is 9.14. The van der Waals surface area contributed by atoms with Crippen LogP contribution in [0.3, 0.4) is 0 Å². The maximum absolute atomic E-state index is 12.0. The number of nitrogens with zero attached hydrogens (tertiary/aromatic N) is 1. The molecule has 0 unspecified atom stereocenters. The largest absolute Gasteiger partial charge is 0.497 e. The number of hydrogen-bond acceptors (Lipinski definition) is 4. The first kappa shape index (κ1) is 21.1. The molecule has 3 N–H and O–H groups in total. The minimum atomic E-state index is -0.116. The Labute approximate surface area is 166 Å². The molecule has 1 amide bonds. The van der Waals surface area contributed by atoms with E-state index in [1.807, 2.05) is 55.5 Å². The van der Waals surface area contributed by atoms with E-state index in [9.17, 15) is 4.79 Å². The first-order chi connectivity index (χ1) is 13.6. The van der Waals surface area contributed by atoms with Gasteiger partial charge in [0.25, 0.3) is 0 Å². The zero-order valence-corrected chi connectivity index (χ0v) is 16.6. The fraction of sp³-hybridized carbons (Fsp3) is 0.333. The quantitative estimate of drug-likeness (QED) is 0.349. The first-order valence-corrected chi connectivity index (χ1v) is 9.14. The topological polar surface area (TPSA) is 84.0 Å². The number of carbonyl (C=O) groups is 1. The summed E-state index contributed by atoms with van der Waals surface area (Å²) in [4.78, 5) is 16.1. The van der Waals surface area contributed by atoms with Gasteiger partial charge in [0.2, 0.25) is 5.91 Å². The summed E-state index contributed by atoms with van der Waals surface area (Å²) in [5, 5.41) is 8.95. The third-order valence-corrected chi connectivity index (χ3v) is 3.97. The molecule has 0 saturated heterocycles. The van der Waals surface area contributed by atoms with Gasteiger partial charge < -0.3 is 25.4 Å². The second-order valence-corrected chi connectivity index (χ2v) is 6.14. The Morgan fingerprint density at radius 3 is 2.29 bits per heavy atom. The second kappa shape index (κ2) is 11.5. The van der Waals surface area contributed by atoms with E-state index in [0.29, 0.717) is 25.7 Å². The lowest BCUT2D eigenvalue weighted by Crippen LogP contribution is -2.44. The minimum absolute atomic E-state index is 0.116. The Kier molecular flexibility index (Phi) is 8.65. The second-order valence-electron chi connectivity index (χ2n) is 6.14. The number of guanidine groups is 1.